The van der Waals surface area contributed by atoms with Crippen molar-refractivity contribution >= 4 is 22.7 Å². The Morgan fingerprint density at radius 3 is 2.66 bits per heavy atom. The van der Waals surface area contributed by atoms with Crippen molar-refractivity contribution in [2.45, 2.75) is 44.7 Å². The minimum absolute atomic E-state index is 0.0543. The lowest BCUT2D eigenvalue weighted by molar-refractivity contribution is 0.143. The van der Waals surface area contributed by atoms with Crippen LogP contribution in [0, 0.1) is 11.7 Å². The number of carboxylic acid groups (broad SMARTS) is 1. The lowest BCUT2D eigenvalue weighted by Crippen LogP contribution is -2.45. The second-order valence-electron chi connectivity index (χ2n) is 8.55. The first kappa shape index (κ1) is 19.7. The molecule has 156 valence electrons. The van der Waals surface area contributed by atoms with E-state index in [1.165, 1.54) is 12.3 Å². The van der Waals surface area contributed by atoms with Gasteiger partial charge in [-0.15, -0.1) is 0 Å². The molecular formula is C21H26FN3O4. The Kier molecular flexibility index (Phi) is 4.77. The van der Waals surface area contributed by atoms with Crippen molar-refractivity contribution in [3.63, 3.8) is 0 Å². The number of ether oxygens (including phenoxy) is 1. The molecular weight excluding hydrogens is 377 g/mol. The van der Waals surface area contributed by atoms with E-state index in [2.05, 4.69) is 23.9 Å². The molecule has 2 aromatic rings. The van der Waals surface area contributed by atoms with Gasteiger partial charge in [0.25, 0.3) is 0 Å². The van der Waals surface area contributed by atoms with Gasteiger partial charge in [0.05, 0.1) is 22.8 Å². The maximum atomic E-state index is 15.0. The topological polar surface area (TPSA) is 83.8 Å². The quantitative estimate of drug-likeness (QED) is 0.745. The molecule has 2 heterocycles. The van der Waals surface area contributed by atoms with Crippen LogP contribution in [-0.2, 0) is 0 Å². The van der Waals surface area contributed by atoms with E-state index in [4.69, 9.17) is 5.11 Å². The zero-order valence-corrected chi connectivity index (χ0v) is 16.9. The van der Waals surface area contributed by atoms with E-state index in [1.807, 2.05) is 16.5 Å². The van der Waals surface area contributed by atoms with E-state index in [9.17, 15) is 9.59 Å². The van der Waals surface area contributed by atoms with Gasteiger partial charge >= 0.3 is 6.16 Å². The number of carbonyl (C=O) groups is 1. The monoisotopic (exact) mass is 403 g/mol. The highest BCUT2D eigenvalue weighted by molar-refractivity contribution is 5.85. The third-order valence-electron chi connectivity index (χ3n) is 6.40. The fraction of sp³-hybridized carbons (Fsp3) is 0.524. The summed E-state index contributed by atoms with van der Waals surface area (Å²) in [4.78, 5) is 25.6. The van der Waals surface area contributed by atoms with Crippen LogP contribution in [-0.4, -0.2) is 41.5 Å². The highest BCUT2D eigenvalue weighted by Crippen LogP contribution is 2.39. The van der Waals surface area contributed by atoms with Gasteiger partial charge in [0.2, 0.25) is 5.43 Å². The second-order valence-corrected chi connectivity index (χ2v) is 8.55. The lowest BCUT2D eigenvalue weighted by Gasteiger charge is -2.31. The van der Waals surface area contributed by atoms with Crippen LogP contribution in [0.15, 0.2) is 23.1 Å². The number of fused-ring (bicyclic) bond motifs is 1. The smallest absolute Gasteiger partial charge is 0.449 e. The number of aromatic nitrogens is 1. The van der Waals surface area contributed by atoms with E-state index in [0.717, 1.165) is 32.4 Å². The van der Waals surface area contributed by atoms with Crippen LogP contribution in [0.3, 0.4) is 0 Å². The third-order valence-corrected chi connectivity index (χ3v) is 6.40. The molecule has 1 aliphatic heterocycles. The van der Waals surface area contributed by atoms with Crippen LogP contribution in [0.5, 0.6) is 5.75 Å². The average molecular weight is 403 g/mol. The highest BCUT2D eigenvalue weighted by atomic mass is 19.1. The molecule has 4 rings (SSSR count). The number of hydrogen-bond acceptors (Lipinski definition) is 5. The summed E-state index contributed by atoms with van der Waals surface area (Å²) in [7, 11) is 1.93. The predicted molar refractivity (Wildman–Crippen MR) is 109 cm³/mol. The van der Waals surface area contributed by atoms with Crippen molar-refractivity contribution in [1.29, 1.82) is 0 Å². The van der Waals surface area contributed by atoms with Gasteiger partial charge in [0.15, 0.2) is 5.75 Å². The average Bonchev–Trinajstić information content (AvgIpc) is 3.39. The normalized spacial score (nSPS) is 19.7. The highest BCUT2D eigenvalue weighted by Gasteiger charge is 2.35. The number of nitrogens with zero attached hydrogens (tertiary/aromatic N) is 2. The van der Waals surface area contributed by atoms with Gasteiger partial charge in [-0.2, -0.15) is 0 Å². The summed E-state index contributed by atoms with van der Waals surface area (Å²) >= 11 is 0. The molecule has 1 saturated heterocycles. The summed E-state index contributed by atoms with van der Waals surface area (Å²) in [5, 5.41) is 12.4. The molecule has 7 nitrogen and oxygen atoms in total. The molecule has 2 aliphatic rings. The molecule has 1 aromatic carbocycles. The molecule has 1 aliphatic carbocycles. The van der Waals surface area contributed by atoms with Crippen LogP contribution in [0.2, 0.25) is 0 Å². The van der Waals surface area contributed by atoms with Gasteiger partial charge in [-0.1, -0.05) is 0 Å². The van der Waals surface area contributed by atoms with Gasteiger partial charge in [0, 0.05) is 24.7 Å². The van der Waals surface area contributed by atoms with Crippen LogP contribution in [0.25, 0.3) is 10.9 Å². The van der Waals surface area contributed by atoms with Crippen molar-refractivity contribution in [2.75, 3.05) is 25.0 Å². The molecule has 0 spiro atoms. The molecule has 2 fully saturated rings. The van der Waals surface area contributed by atoms with Gasteiger partial charge in [0.1, 0.15) is 5.82 Å². The van der Waals surface area contributed by atoms with Crippen molar-refractivity contribution in [3.05, 3.63) is 34.4 Å². The predicted octanol–water partition coefficient (Wildman–Crippen LogP) is 3.36. The SMILES string of the molecule is CNC(C)(C)[C@@H]1CCN(c2cc3c(cc2F)c(=O)c(OC(=O)O)cn3C2CC2)C1. The molecule has 1 atom stereocenters. The first-order chi connectivity index (χ1) is 13.7. The Balaban J connectivity index is 1.78. The summed E-state index contributed by atoms with van der Waals surface area (Å²) in [6.45, 7) is 5.76. The standard InChI is InChI=1S/C21H26FN3O4/c1-21(2,23-3)12-6-7-24(10-12)17-9-16-14(8-15(17)22)19(26)18(29-20(27)28)11-25(16)13-4-5-13/h8-9,11-13,23H,4-7,10H2,1-3H3,(H,27,28)/t12-/m1/s1. The van der Waals surface area contributed by atoms with Crippen molar-refractivity contribution in [2.24, 2.45) is 5.92 Å². The third kappa shape index (κ3) is 3.57. The van der Waals surface area contributed by atoms with E-state index >= 15 is 4.39 Å². The molecule has 0 amide bonds. The molecule has 0 radical (unpaired) electrons. The zero-order chi connectivity index (χ0) is 20.9. The van der Waals surface area contributed by atoms with E-state index < -0.39 is 17.4 Å². The Morgan fingerprint density at radius 1 is 1.31 bits per heavy atom. The number of nitrogens with one attached hydrogen (secondary N) is 1. The molecule has 1 aromatic heterocycles. The zero-order valence-electron chi connectivity index (χ0n) is 16.9. The largest absolute Gasteiger partial charge is 0.511 e. The second kappa shape index (κ2) is 7.02. The maximum Gasteiger partial charge on any atom is 0.511 e. The fourth-order valence-corrected chi connectivity index (χ4v) is 4.17. The molecule has 2 N–H and O–H groups in total. The van der Waals surface area contributed by atoms with Crippen LogP contribution in [0.4, 0.5) is 14.9 Å². The van der Waals surface area contributed by atoms with Crippen LogP contribution >= 0.6 is 0 Å². The molecule has 1 saturated carbocycles. The summed E-state index contributed by atoms with van der Waals surface area (Å²) in [5.41, 5.74) is 0.428. The molecule has 0 unspecified atom stereocenters. The number of hydrogen-bond donors (Lipinski definition) is 2. The van der Waals surface area contributed by atoms with Crippen LogP contribution in [0.1, 0.15) is 39.2 Å². The Bertz CT molecular complexity index is 1030. The Hall–Kier alpha value is -2.61. The van der Waals surface area contributed by atoms with Gasteiger partial charge in [-0.25, -0.2) is 9.18 Å². The summed E-state index contributed by atoms with van der Waals surface area (Å²) in [6, 6.07) is 3.11. The maximum absolute atomic E-state index is 15.0. The Morgan fingerprint density at radius 2 is 2.03 bits per heavy atom. The summed E-state index contributed by atoms with van der Waals surface area (Å²) in [6.07, 6.45) is 2.69. The summed E-state index contributed by atoms with van der Waals surface area (Å²) < 4.78 is 21.5. The van der Waals surface area contributed by atoms with Crippen molar-refractivity contribution < 1.29 is 19.0 Å². The molecule has 0 bridgehead atoms. The van der Waals surface area contributed by atoms with Gasteiger partial charge in [-0.3, -0.25) is 4.79 Å². The summed E-state index contributed by atoms with van der Waals surface area (Å²) in [5.74, 6) is -0.395. The number of rotatable bonds is 5. The first-order valence-corrected chi connectivity index (χ1v) is 9.94. The fourth-order valence-electron chi connectivity index (χ4n) is 4.17. The molecule has 29 heavy (non-hydrogen) atoms. The van der Waals surface area contributed by atoms with Gasteiger partial charge < -0.3 is 24.6 Å². The van der Waals surface area contributed by atoms with Crippen LogP contribution < -0.4 is 20.4 Å². The number of pyridine rings is 1. The number of benzene rings is 1. The van der Waals surface area contributed by atoms with E-state index in [1.54, 1.807) is 6.07 Å². The van der Waals surface area contributed by atoms with Gasteiger partial charge in [-0.05, 0) is 58.2 Å². The Labute approximate surface area is 168 Å². The minimum Gasteiger partial charge on any atom is -0.449 e. The van der Waals surface area contributed by atoms with Crippen molar-refractivity contribution in [1.82, 2.24) is 9.88 Å². The first-order valence-electron chi connectivity index (χ1n) is 9.94. The molecule has 8 heteroatoms. The van der Waals surface area contributed by atoms with E-state index in [-0.39, 0.29) is 22.7 Å². The number of anilines is 1. The lowest BCUT2D eigenvalue weighted by atomic mass is 9.87. The number of halogens is 1. The van der Waals surface area contributed by atoms with E-state index in [0.29, 0.717) is 17.1 Å². The minimum atomic E-state index is -1.56. The van der Waals surface area contributed by atoms with Crippen molar-refractivity contribution in [3.8, 4) is 5.75 Å².